The number of hydrogen-bond donors (Lipinski definition) is 0. The average molecular weight is 529 g/mol. The molecule has 0 N–H and O–H groups in total. The molecule has 9 heteroatoms. The van der Waals surface area contributed by atoms with Crippen molar-refractivity contribution in [1.82, 2.24) is 39.7 Å². The van der Waals surface area contributed by atoms with Gasteiger partial charge in [0.1, 0.15) is 6.33 Å². The van der Waals surface area contributed by atoms with Gasteiger partial charge in [-0.3, -0.25) is 14.6 Å². The van der Waals surface area contributed by atoms with E-state index in [0.717, 1.165) is 34.2 Å². The monoisotopic (exact) mass is 528 g/mol. The lowest BCUT2D eigenvalue weighted by Crippen LogP contribution is -1.93. The van der Waals surface area contributed by atoms with Crippen LogP contribution in [0.4, 0.5) is 0 Å². The lowest BCUT2D eigenvalue weighted by molar-refractivity contribution is 0.767. The topological polar surface area (TPSA) is 95.2 Å². The third kappa shape index (κ3) is 8.62. The summed E-state index contributed by atoms with van der Waals surface area (Å²) in [7, 11) is 1.85. The summed E-state index contributed by atoms with van der Waals surface area (Å²) in [5, 5.41) is 7.46. The number of rotatable bonds is 5. The van der Waals surface area contributed by atoms with Crippen molar-refractivity contribution in [2.75, 3.05) is 0 Å². The lowest BCUT2D eigenvalue weighted by atomic mass is 10.1. The third-order valence-corrected chi connectivity index (χ3v) is 6.46. The fourth-order valence-electron chi connectivity index (χ4n) is 3.20. The zero-order valence-electron chi connectivity index (χ0n) is 23.1. The molecule has 0 atom stereocenters. The Hall–Kier alpha value is -3.85. The Morgan fingerprint density at radius 2 is 1.21 bits per heavy atom. The molecule has 0 aromatic carbocycles. The summed E-state index contributed by atoms with van der Waals surface area (Å²) in [5.41, 5.74) is 4.10. The number of thiazole rings is 1. The van der Waals surface area contributed by atoms with Crippen LogP contribution in [-0.2, 0) is 7.05 Å². The maximum Gasteiger partial charge on any atom is 0.182 e. The second-order valence-corrected chi connectivity index (χ2v) is 10.5. The molecule has 5 aromatic rings. The Balaban J connectivity index is 0.000000166. The molecule has 0 saturated carbocycles. The second-order valence-electron chi connectivity index (χ2n) is 9.59. The van der Waals surface area contributed by atoms with Crippen molar-refractivity contribution in [3.63, 3.8) is 0 Å². The maximum atomic E-state index is 4.37. The van der Waals surface area contributed by atoms with Gasteiger partial charge in [0.2, 0.25) is 0 Å². The van der Waals surface area contributed by atoms with E-state index < -0.39 is 0 Å². The quantitative estimate of drug-likeness (QED) is 0.244. The molecular weight excluding hydrogens is 492 g/mol. The van der Waals surface area contributed by atoms with Gasteiger partial charge in [-0.05, 0) is 42.2 Å². The largest absolute Gasteiger partial charge is 0.260 e. The normalized spacial score (nSPS) is 10.7. The number of nitrogens with zero attached hydrogens (tertiary/aromatic N) is 8. The van der Waals surface area contributed by atoms with E-state index in [1.807, 2.05) is 55.3 Å². The molecule has 0 unspecified atom stereocenters. The minimum absolute atomic E-state index is 0.454. The van der Waals surface area contributed by atoms with Gasteiger partial charge in [0, 0.05) is 71.8 Å². The van der Waals surface area contributed by atoms with E-state index in [0.29, 0.717) is 17.8 Å². The van der Waals surface area contributed by atoms with Crippen LogP contribution < -0.4 is 0 Å². The highest BCUT2D eigenvalue weighted by atomic mass is 32.1. The number of hydrogen-bond acceptors (Lipinski definition) is 8. The van der Waals surface area contributed by atoms with Gasteiger partial charge in [0.05, 0.1) is 5.01 Å². The fourth-order valence-corrected chi connectivity index (χ4v) is 3.85. The predicted octanol–water partition coefficient (Wildman–Crippen LogP) is 6.93. The highest BCUT2D eigenvalue weighted by Crippen LogP contribution is 2.18. The van der Waals surface area contributed by atoms with Crippen molar-refractivity contribution in [2.24, 2.45) is 7.05 Å². The van der Waals surface area contributed by atoms with Crippen LogP contribution in [-0.4, -0.2) is 39.7 Å². The first-order valence-corrected chi connectivity index (χ1v) is 13.6. The van der Waals surface area contributed by atoms with Gasteiger partial charge < -0.3 is 0 Å². The molecule has 0 aliphatic heterocycles. The van der Waals surface area contributed by atoms with Crippen LogP contribution in [0.3, 0.4) is 0 Å². The fraction of sp³-hybridized carbons (Fsp3) is 0.345. The molecule has 5 heterocycles. The van der Waals surface area contributed by atoms with Crippen LogP contribution in [0, 0.1) is 0 Å². The van der Waals surface area contributed by atoms with E-state index in [1.54, 1.807) is 40.8 Å². The predicted molar refractivity (Wildman–Crippen MR) is 154 cm³/mol. The molecule has 0 aliphatic carbocycles. The molecule has 8 nitrogen and oxygen atoms in total. The Bertz CT molecular complexity index is 1330. The highest BCUT2D eigenvalue weighted by molar-refractivity contribution is 7.09. The minimum atomic E-state index is 0.454. The molecular formula is C29H36N8S. The third-order valence-electron chi connectivity index (χ3n) is 5.38. The SMILES string of the molecule is CC(C)c1ccc(-c2ncccn2)cn1.CC(C)c1ccc(-c2ncn(C)n2)cn1.CC(C)c1nccs1. The smallest absolute Gasteiger partial charge is 0.182 e. The molecule has 0 radical (unpaired) electrons. The summed E-state index contributed by atoms with van der Waals surface area (Å²) in [4.78, 5) is 25.4. The van der Waals surface area contributed by atoms with Crippen LogP contribution in [0.2, 0.25) is 0 Å². The molecule has 5 aromatic heterocycles. The molecule has 198 valence electrons. The molecule has 0 bridgehead atoms. The first-order chi connectivity index (χ1) is 18.2. The second kappa shape index (κ2) is 14.2. The van der Waals surface area contributed by atoms with Crippen molar-refractivity contribution in [1.29, 1.82) is 0 Å². The summed E-state index contributed by atoms with van der Waals surface area (Å²) in [5.74, 6) is 2.95. The van der Waals surface area contributed by atoms with Gasteiger partial charge in [-0.2, -0.15) is 5.10 Å². The molecule has 0 spiro atoms. The van der Waals surface area contributed by atoms with E-state index >= 15 is 0 Å². The zero-order valence-corrected chi connectivity index (χ0v) is 24.0. The number of pyridine rings is 2. The van der Waals surface area contributed by atoms with Crippen LogP contribution in [0.1, 0.15) is 75.7 Å². The van der Waals surface area contributed by atoms with Gasteiger partial charge >= 0.3 is 0 Å². The van der Waals surface area contributed by atoms with Gasteiger partial charge in [0.15, 0.2) is 11.6 Å². The van der Waals surface area contributed by atoms with Gasteiger partial charge in [0.25, 0.3) is 0 Å². The van der Waals surface area contributed by atoms with Crippen molar-refractivity contribution in [2.45, 2.75) is 59.3 Å². The summed E-state index contributed by atoms with van der Waals surface area (Å²) in [6.07, 6.45) is 10.7. The van der Waals surface area contributed by atoms with E-state index in [9.17, 15) is 0 Å². The molecule has 38 heavy (non-hydrogen) atoms. The Morgan fingerprint density at radius 3 is 1.58 bits per heavy atom. The summed E-state index contributed by atoms with van der Waals surface area (Å²) >= 11 is 1.72. The molecule has 5 rings (SSSR count). The van der Waals surface area contributed by atoms with Gasteiger partial charge in [-0.1, -0.05) is 41.5 Å². The van der Waals surface area contributed by atoms with E-state index in [4.69, 9.17) is 0 Å². The van der Waals surface area contributed by atoms with Crippen molar-refractivity contribution >= 4 is 11.3 Å². The van der Waals surface area contributed by atoms with Gasteiger partial charge in [-0.15, -0.1) is 11.3 Å². The van der Waals surface area contributed by atoms with Gasteiger partial charge in [-0.25, -0.2) is 19.9 Å². The summed E-state index contributed by atoms with van der Waals surface area (Å²) < 4.78 is 1.69. The highest BCUT2D eigenvalue weighted by Gasteiger charge is 2.05. The number of aromatic nitrogens is 8. The van der Waals surface area contributed by atoms with Crippen LogP contribution >= 0.6 is 11.3 Å². The first-order valence-electron chi connectivity index (χ1n) is 12.7. The van der Waals surface area contributed by atoms with Crippen LogP contribution in [0.15, 0.2) is 73.0 Å². The van der Waals surface area contributed by atoms with Crippen LogP contribution in [0.25, 0.3) is 22.8 Å². The molecule has 0 amide bonds. The summed E-state index contributed by atoms with van der Waals surface area (Å²) in [6, 6.07) is 9.88. The zero-order chi connectivity index (χ0) is 27.5. The average Bonchev–Trinajstić information content (AvgIpc) is 3.63. The van der Waals surface area contributed by atoms with Crippen molar-refractivity contribution < 1.29 is 0 Å². The lowest BCUT2D eigenvalue weighted by Gasteiger charge is -2.04. The number of aryl methyl sites for hydroxylation is 1. The Morgan fingerprint density at radius 1 is 0.632 bits per heavy atom. The molecule has 0 saturated heterocycles. The van der Waals surface area contributed by atoms with E-state index in [-0.39, 0.29) is 0 Å². The van der Waals surface area contributed by atoms with E-state index in [2.05, 4.69) is 76.5 Å². The first kappa shape index (κ1) is 28.7. The minimum Gasteiger partial charge on any atom is -0.260 e. The molecule has 0 aliphatic rings. The van der Waals surface area contributed by atoms with E-state index in [1.165, 1.54) is 5.01 Å². The maximum absolute atomic E-state index is 4.37. The van der Waals surface area contributed by atoms with Crippen molar-refractivity contribution in [3.8, 4) is 22.8 Å². The van der Waals surface area contributed by atoms with Crippen LogP contribution in [0.5, 0.6) is 0 Å². The standard InChI is InChI=1S/C12H13N3.C11H14N4.C6H9NS/c1-9(2)11-5-4-10(8-15-11)12-13-6-3-7-14-12;1-8(2)10-5-4-9(6-12-10)11-13-7-15(3)14-11;1-5(2)6-7-3-4-8-6/h3-9H,1-2H3;4-8H,1-3H3;3-5H,1-2H3. The summed E-state index contributed by atoms with van der Waals surface area (Å²) in [6.45, 7) is 12.8. The Labute approximate surface area is 229 Å². The van der Waals surface area contributed by atoms with Crippen molar-refractivity contribution in [3.05, 3.63) is 89.4 Å². The Kier molecular flexibility index (Phi) is 10.7. The molecule has 0 fully saturated rings.